The molecular weight excluding hydrogens is 184 g/mol. The van der Waals surface area contributed by atoms with E-state index in [0.717, 1.165) is 0 Å². The molecule has 14 heavy (non-hydrogen) atoms. The number of allylic oxidation sites excluding steroid dienone is 2. The molecule has 0 heterocycles. The number of hydrogen-bond acceptors (Lipinski definition) is 4. The summed E-state index contributed by atoms with van der Waals surface area (Å²) < 4.78 is 9.17. The van der Waals surface area contributed by atoms with Crippen molar-refractivity contribution in [1.29, 1.82) is 0 Å². The third kappa shape index (κ3) is 2.02. The van der Waals surface area contributed by atoms with Crippen molar-refractivity contribution in [3.8, 4) is 0 Å². The number of carbonyl (C=O) groups excluding carboxylic acids is 2. The van der Waals surface area contributed by atoms with E-state index in [2.05, 4.69) is 9.47 Å². The first kappa shape index (κ1) is 10.5. The number of rotatable bonds is 2. The number of ether oxygens (including phenoxy) is 2. The molecule has 2 unspecified atom stereocenters. The summed E-state index contributed by atoms with van der Waals surface area (Å²) in [5.41, 5.74) is 0. The third-order valence-corrected chi connectivity index (χ3v) is 2.08. The van der Waals surface area contributed by atoms with Gasteiger partial charge in [-0.1, -0.05) is 24.3 Å². The van der Waals surface area contributed by atoms with E-state index in [9.17, 15) is 9.59 Å². The van der Waals surface area contributed by atoms with Gasteiger partial charge >= 0.3 is 11.9 Å². The third-order valence-electron chi connectivity index (χ3n) is 2.08. The molecule has 0 amide bonds. The van der Waals surface area contributed by atoms with Gasteiger partial charge in [0, 0.05) is 0 Å². The summed E-state index contributed by atoms with van der Waals surface area (Å²) in [5, 5.41) is 0. The average molecular weight is 196 g/mol. The molecule has 0 aliphatic heterocycles. The quantitative estimate of drug-likeness (QED) is 0.610. The van der Waals surface area contributed by atoms with Crippen LogP contribution in [-0.4, -0.2) is 26.2 Å². The predicted molar refractivity (Wildman–Crippen MR) is 49.3 cm³/mol. The van der Waals surface area contributed by atoms with Gasteiger partial charge in [0.1, 0.15) is 0 Å². The lowest BCUT2D eigenvalue weighted by Gasteiger charge is -2.19. The van der Waals surface area contributed by atoms with Gasteiger partial charge in [0.15, 0.2) is 0 Å². The van der Waals surface area contributed by atoms with Crippen LogP contribution in [0.25, 0.3) is 0 Å². The van der Waals surface area contributed by atoms with Gasteiger partial charge in [0.05, 0.1) is 26.1 Å². The zero-order chi connectivity index (χ0) is 10.6. The first-order chi connectivity index (χ1) is 6.70. The van der Waals surface area contributed by atoms with E-state index in [1.807, 2.05) is 0 Å². The van der Waals surface area contributed by atoms with Crippen LogP contribution in [0, 0.1) is 11.8 Å². The van der Waals surface area contributed by atoms with Crippen molar-refractivity contribution < 1.29 is 19.1 Å². The van der Waals surface area contributed by atoms with Crippen LogP contribution in [0.1, 0.15) is 0 Å². The molecule has 0 aromatic carbocycles. The second-order valence-corrected chi connectivity index (χ2v) is 2.87. The van der Waals surface area contributed by atoms with Crippen LogP contribution >= 0.6 is 0 Å². The highest BCUT2D eigenvalue weighted by atomic mass is 16.5. The summed E-state index contributed by atoms with van der Waals surface area (Å²) in [6.07, 6.45) is 6.68. The molecule has 4 nitrogen and oxygen atoms in total. The van der Waals surface area contributed by atoms with Gasteiger partial charge in [-0.05, 0) is 0 Å². The summed E-state index contributed by atoms with van der Waals surface area (Å²) in [7, 11) is 2.59. The van der Waals surface area contributed by atoms with Gasteiger partial charge in [0.25, 0.3) is 0 Å². The minimum Gasteiger partial charge on any atom is -0.469 e. The normalized spacial score (nSPS) is 24.4. The van der Waals surface area contributed by atoms with Crippen LogP contribution in [0.4, 0.5) is 0 Å². The molecule has 0 aromatic rings. The zero-order valence-electron chi connectivity index (χ0n) is 8.10. The molecule has 0 saturated heterocycles. The summed E-state index contributed by atoms with van der Waals surface area (Å²) in [5.74, 6) is -2.00. The fourth-order valence-corrected chi connectivity index (χ4v) is 1.33. The van der Waals surface area contributed by atoms with Crippen molar-refractivity contribution in [2.24, 2.45) is 11.8 Å². The van der Waals surface area contributed by atoms with Gasteiger partial charge in [-0.15, -0.1) is 0 Å². The predicted octanol–water partition coefficient (Wildman–Crippen LogP) is 0.691. The largest absolute Gasteiger partial charge is 0.469 e. The van der Waals surface area contributed by atoms with E-state index in [1.165, 1.54) is 14.2 Å². The maximum absolute atomic E-state index is 11.3. The summed E-state index contributed by atoms with van der Waals surface area (Å²) >= 11 is 0. The maximum atomic E-state index is 11.3. The molecule has 0 N–H and O–H groups in total. The molecular formula is C10H12O4. The molecule has 0 radical (unpaired) electrons. The lowest BCUT2D eigenvalue weighted by Crippen LogP contribution is -2.30. The molecule has 4 heteroatoms. The Morgan fingerprint density at radius 2 is 1.29 bits per heavy atom. The Kier molecular flexibility index (Phi) is 3.45. The van der Waals surface area contributed by atoms with E-state index in [4.69, 9.17) is 0 Å². The Balaban J connectivity index is 2.81. The van der Waals surface area contributed by atoms with E-state index in [0.29, 0.717) is 0 Å². The van der Waals surface area contributed by atoms with Crippen LogP contribution in [0.5, 0.6) is 0 Å². The highest BCUT2D eigenvalue weighted by molar-refractivity contribution is 5.85. The highest BCUT2D eigenvalue weighted by Crippen LogP contribution is 2.22. The molecule has 0 saturated carbocycles. The fourth-order valence-electron chi connectivity index (χ4n) is 1.33. The molecule has 0 spiro atoms. The van der Waals surface area contributed by atoms with Gasteiger partial charge in [-0.3, -0.25) is 9.59 Å². The van der Waals surface area contributed by atoms with Gasteiger partial charge in [-0.2, -0.15) is 0 Å². The van der Waals surface area contributed by atoms with Crippen LogP contribution in [-0.2, 0) is 19.1 Å². The Hall–Kier alpha value is -1.58. The number of hydrogen-bond donors (Lipinski definition) is 0. The SMILES string of the molecule is COC(=O)C1C=CC=CC1C(=O)OC. The minimum atomic E-state index is -0.572. The Morgan fingerprint density at radius 3 is 1.57 bits per heavy atom. The number of methoxy groups -OCH3 is 2. The average Bonchev–Trinajstić information content (AvgIpc) is 2.27. The highest BCUT2D eigenvalue weighted by Gasteiger charge is 2.32. The minimum absolute atomic E-state index is 0.430. The molecule has 2 atom stereocenters. The van der Waals surface area contributed by atoms with E-state index < -0.39 is 23.8 Å². The van der Waals surface area contributed by atoms with Crippen LogP contribution < -0.4 is 0 Å². The van der Waals surface area contributed by atoms with Crippen LogP contribution in [0.3, 0.4) is 0 Å². The maximum Gasteiger partial charge on any atom is 0.313 e. The molecule has 1 rings (SSSR count). The Labute approximate surface area is 82.2 Å². The van der Waals surface area contributed by atoms with Crippen molar-refractivity contribution >= 4 is 11.9 Å². The van der Waals surface area contributed by atoms with Gasteiger partial charge in [-0.25, -0.2) is 0 Å². The van der Waals surface area contributed by atoms with Gasteiger partial charge < -0.3 is 9.47 Å². The molecule has 0 bridgehead atoms. The van der Waals surface area contributed by atoms with Crippen molar-refractivity contribution in [3.05, 3.63) is 24.3 Å². The summed E-state index contributed by atoms with van der Waals surface area (Å²) in [4.78, 5) is 22.6. The molecule has 1 aliphatic rings. The van der Waals surface area contributed by atoms with E-state index >= 15 is 0 Å². The standard InChI is InChI=1S/C10H12O4/c1-13-9(11)7-5-3-4-6-8(7)10(12)14-2/h3-8H,1-2H3. The molecule has 0 fully saturated rings. The van der Waals surface area contributed by atoms with Crippen molar-refractivity contribution in [2.75, 3.05) is 14.2 Å². The molecule has 76 valence electrons. The summed E-state index contributed by atoms with van der Waals surface area (Å²) in [6.45, 7) is 0. The summed E-state index contributed by atoms with van der Waals surface area (Å²) in [6, 6.07) is 0. The van der Waals surface area contributed by atoms with Crippen molar-refractivity contribution in [2.45, 2.75) is 0 Å². The van der Waals surface area contributed by atoms with Crippen molar-refractivity contribution in [3.63, 3.8) is 0 Å². The Bertz CT molecular complexity index is 260. The molecule has 1 aliphatic carbocycles. The molecule has 0 aromatic heterocycles. The second kappa shape index (κ2) is 4.60. The van der Waals surface area contributed by atoms with E-state index in [-0.39, 0.29) is 0 Å². The van der Waals surface area contributed by atoms with Crippen molar-refractivity contribution in [1.82, 2.24) is 0 Å². The lowest BCUT2D eigenvalue weighted by atomic mass is 9.88. The smallest absolute Gasteiger partial charge is 0.313 e. The topological polar surface area (TPSA) is 52.6 Å². The van der Waals surface area contributed by atoms with Crippen LogP contribution in [0.2, 0.25) is 0 Å². The Morgan fingerprint density at radius 1 is 0.929 bits per heavy atom. The zero-order valence-corrected chi connectivity index (χ0v) is 8.10. The monoisotopic (exact) mass is 196 g/mol. The van der Waals surface area contributed by atoms with Gasteiger partial charge in [0.2, 0.25) is 0 Å². The first-order valence-electron chi connectivity index (χ1n) is 4.21. The second-order valence-electron chi connectivity index (χ2n) is 2.87. The fraction of sp³-hybridized carbons (Fsp3) is 0.400. The first-order valence-corrected chi connectivity index (χ1v) is 4.21. The van der Waals surface area contributed by atoms with Crippen LogP contribution in [0.15, 0.2) is 24.3 Å². The number of carbonyl (C=O) groups is 2. The number of esters is 2. The lowest BCUT2D eigenvalue weighted by molar-refractivity contribution is -0.153. The van der Waals surface area contributed by atoms with E-state index in [1.54, 1.807) is 24.3 Å².